The number of imide groups is 2. The summed E-state index contributed by atoms with van der Waals surface area (Å²) in [5, 5.41) is 2.73. The van der Waals surface area contributed by atoms with Crippen molar-refractivity contribution in [3.8, 4) is 17.2 Å². The van der Waals surface area contributed by atoms with E-state index in [0.29, 0.717) is 35.8 Å². The van der Waals surface area contributed by atoms with E-state index in [-0.39, 0.29) is 34.5 Å². The number of barbiturate groups is 1. The van der Waals surface area contributed by atoms with E-state index in [4.69, 9.17) is 37.4 Å². The fourth-order valence-electron chi connectivity index (χ4n) is 4.00. The van der Waals surface area contributed by atoms with E-state index in [1.807, 2.05) is 44.2 Å². The van der Waals surface area contributed by atoms with E-state index in [1.165, 1.54) is 18.2 Å². The molecule has 3 aromatic carbocycles. The van der Waals surface area contributed by atoms with Crippen molar-refractivity contribution in [1.29, 1.82) is 0 Å². The normalized spacial score (nSPS) is 14.3. The monoisotopic (exact) mass is 582 g/mol. The van der Waals surface area contributed by atoms with Gasteiger partial charge in [0.1, 0.15) is 17.9 Å². The molecule has 0 aliphatic carbocycles. The summed E-state index contributed by atoms with van der Waals surface area (Å²) in [6, 6.07) is 16.8. The molecule has 3 aromatic rings. The van der Waals surface area contributed by atoms with Crippen molar-refractivity contribution < 1.29 is 28.6 Å². The Balaban J connectivity index is 1.62. The average molecular weight is 583 g/mol. The smallest absolute Gasteiger partial charge is 0.331 e. The largest absolute Gasteiger partial charge is 0.490 e. The van der Waals surface area contributed by atoms with Gasteiger partial charge in [-0.05, 0) is 54.8 Å². The van der Waals surface area contributed by atoms with Crippen LogP contribution < -0.4 is 19.5 Å². The lowest BCUT2D eigenvalue weighted by atomic mass is 10.1. The van der Waals surface area contributed by atoms with Gasteiger partial charge in [-0.15, -0.1) is 0 Å². The first-order chi connectivity index (χ1) is 19.3. The lowest BCUT2D eigenvalue weighted by molar-refractivity contribution is -0.130. The predicted molar refractivity (Wildman–Crippen MR) is 153 cm³/mol. The fourth-order valence-corrected chi connectivity index (χ4v) is 4.56. The highest BCUT2D eigenvalue weighted by Crippen LogP contribution is 2.35. The molecule has 1 aliphatic heterocycles. The zero-order valence-corrected chi connectivity index (χ0v) is 23.6. The number of hydrogen-bond acceptors (Lipinski definition) is 6. The minimum absolute atomic E-state index is 0.100. The number of carbonyl (C=O) groups is 3. The number of benzene rings is 3. The summed E-state index contributed by atoms with van der Waals surface area (Å²) in [5.74, 6) is -0.300. The topological polar surface area (TPSA) is 94.2 Å². The molecule has 10 heteroatoms. The van der Waals surface area contributed by atoms with Gasteiger partial charge in [0.25, 0.3) is 11.8 Å². The van der Waals surface area contributed by atoms with E-state index in [2.05, 4.69) is 5.32 Å². The molecule has 0 spiro atoms. The summed E-state index contributed by atoms with van der Waals surface area (Å²) < 4.78 is 17.4. The van der Waals surface area contributed by atoms with Crippen molar-refractivity contribution in [1.82, 2.24) is 10.2 Å². The Hall–Kier alpha value is -4.01. The predicted octanol–water partition coefficient (Wildman–Crippen LogP) is 6.42. The summed E-state index contributed by atoms with van der Waals surface area (Å²) in [5.41, 5.74) is 1.56. The zero-order valence-electron chi connectivity index (χ0n) is 22.0. The van der Waals surface area contributed by atoms with Crippen LogP contribution in [-0.2, 0) is 22.7 Å². The molecule has 0 aromatic heterocycles. The van der Waals surface area contributed by atoms with E-state index in [1.54, 1.807) is 18.2 Å². The molecule has 1 aliphatic rings. The third-order valence-electron chi connectivity index (χ3n) is 5.86. The molecule has 0 saturated carbocycles. The highest BCUT2D eigenvalue weighted by molar-refractivity contribution is 6.36. The summed E-state index contributed by atoms with van der Waals surface area (Å²) in [4.78, 5) is 39.9. The van der Waals surface area contributed by atoms with Crippen molar-refractivity contribution in [2.75, 3.05) is 13.2 Å². The molecular weight excluding hydrogens is 555 g/mol. The maximum atomic E-state index is 13.4. The molecule has 4 amide bonds. The molecule has 1 heterocycles. The first-order valence-corrected chi connectivity index (χ1v) is 13.5. The summed E-state index contributed by atoms with van der Waals surface area (Å²) in [6.45, 7) is 4.87. The first-order valence-electron chi connectivity index (χ1n) is 12.7. The number of ether oxygens (including phenoxy) is 3. The van der Waals surface area contributed by atoms with Gasteiger partial charge in [0, 0.05) is 10.6 Å². The maximum absolute atomic E-state index is 13.4. The van der Waals surface area contributed by atoms with Gasteiger partial charge in [-0.1, -0.05) is 66.5 Å². The van der Waals surface area contributed by atoms with Crippen LogP contribution in [0.5, 0.6) is 17.2 Å². The number of rotatable bonds is 11. The molecule has 208 valence electrons. The van der Waals surface area contributed by atoms with Crippen LogP contribution in [-0.4, -0.2) is 36.0 Å². The van der Waals surface area contributed by atoms with Crippen LogP contribution in [0, 0.1) is 0 Å². The van der Waals surface area contributed by atoms with E-state index < -0.39 is 17.8 Å². The van der Waals surface area contributed by atoms with Gasteiger partial charge in [0.2, 0.25) is 0 Å². The number of carbonyl (C=O) groups excluding carboxylic acids is 3. The van der Waals surface area contributed by atoms with Crippen LogP contribution in [0.25, 0.3) is 6.08 Å². The van der Waals surface area contributed by atoms with Crippen molar-refractivity contribution >= 4 is 47.1 Å². The molecule has 0 radical (unpaired) electrons. The third kappa shape index (κ3) is 6.94. The molecule has 1 fully saturated rings. The summed E-state index contributed by atoms with van der Waals surface area (Å²) in [7, 11) is 0. The fraction of sp³-hybridized carbons (Fsp3) is 0.233. The Bertz CT molecular complexity index is 1440. The molecule has 40 heavy (non-hydrogen) atoms. The third-order valence-corrected chi connectivity index (χ3v) is 6.36. The van der Waals surface area contributed by atoms with Crippen LogP contribution in [0.3, 0.4) is 0 Å². The van der Waals surface area contributed by atoms with Gasteiger partial charge in [0.15, 0.2) is 11.5 Å². The molecular formula is C30H28Cl2N2O6. The second-order valence-electron chi connectivity index (χ2n) is 8.85. The molecule has 0 unspecified atom stereocenters. The van der Waals surface area contributed by atoms with E-state index in [0.717, 1.165) is 16.9 Å². The number of hydrogen-bond donors (Lipinski definition) is 1. The van der Waals surface area contributed by atoms with Crippen LogP contribution in [0.1, 0.15) is 37.0 Å². The number of halogens is 2. The Morgan fingerprint density at radius 1 is 0.875 bits per heavy atom. The summed E-state index contributed by atoms with van der Waals surface area (Å²) >= 11 is 12.7. The van der Waals surface area contributed by atoms with Crippen molar-refractivity contribution in [2.24, 2.45) is 0 Å². The Kier molecular flexibility index (Phi) is 9.69. The Morgan fingerprint density at radius 2 is 1.65 bits per heavy atom. The van der Waals surface area contributed by atoms with Crippen molar-refractivity contribution in [3.05, 3.63) is 93.0 Å². The van der Waals surface area contributed by atoms with Gasteiger partial charge >= 0.3 is 6.03 Å². The van der Waals surface area contributed by atoms with Crippen LogP contribution >= 0.6 is 23.2 Å². The lowest BCUT2D eigenvalue weighted by Crippen LogP contribution is -2.53. The van der Waals surface area contributed by atoms with Crippen molar-refractivity contribution in [3.63, 3.8) is 0 Å². The van der Waals surface area contributed by atoms with Crippen LogP contribution in [0.4, 0.5) is 4.79 Å². The van der Waals surface area contributed by atoms with Gasteiger partial charge < -0.3 is 14.2 Å². The molecule has 4 rings (SSSR count). The number of amides is 4. The van der Waals surface area contributed by atoms with Crippen LogP contribution in [0.2, 0.25) is 10.0 Å². The molecule has 1 saturated heterocycles. The van der Waals surface area contributed by atoms with E-state index in [9.17, 15) is 14.4 Å². The highest BCUT2D eigenvalue weighted by atomic mass is 35.5. The lowest BCUT2D eigenvalue weighted by Gasteiger charge is -2.27. The molecule has 0 atom stereocenters. The minimum atomic E-state index is -0.838. The van der Waals surface area contributed by atoms with Crippen LogP contribution in [0.15, 0.2) is 66.2 Å². The standard InChI is InChI=1S/C30H28Cl2N2O6/c1-3-12-39-25-11-10-20(13-26(25)38-4-2)17-34-29(36)23(28(35)33-30(34)37)15-21-14-22(31)16-24(32)27(21)40-18-19-8-6-5-7-9-19/h5-11,13-16H,3-4,12,17-18H2,1-2H3,(H,33,35,37)/b23-15+. The number of nitrogens with one attached hydrogen (secondary N) is 1. The van der Waals surface area contributed by atoms with E-state index >= 15 is 0 Å². The molecule has 0 bridgehead atoms. The molecule has 1 N–H and O–H groups in total. The first kappa shape index (κ1) is 29.0. The average Bonchev–Trinajstić information content (AvgIpc) is 2.93. The SMILES string of the molecule is CCCOc1ccc(CN2C(=O)NC(=O)/C(=C\c3cc(Cl)cc(Cl)c3OCc3ccccc3)C2=O)cc1OCC. The highest BCUT2D eigenvalue weighted by Gasteiger charge is 2.36. The number of urea groups is 1. The quantitative estimate of drug-likeness (QED) is 0.207. The molecule has 8 nitrogen and oxygen atoms in total. The van der Waals surface area contributed by atoms with Gasteiger partial charge in [-0.25, -0.2) is 4.79 Å². The maximum Gasteiger partial charge on any atom is 0.331 e. The zero-order chi connectivity index (χ0) is 28.6. The minimum Gasteiger partial charge on any atom is -0.490 e. The van der Waals surface area contributed by atoms with Crippen molar-refractivity contribution in [2.45, 2.75) is 33.4 Å². The number of nitrogens with zero attached hydrogens (tertiary/aromatic N) is 1. The van der Waals surface area contributed by atoms with Gasteiger partial charge in [0.05, 0.1) is 24.8 Å². The van der Waals surface area contributed by atoms with Gasteiger partial charge in [-0.3, -0.25) is 19.8 Å². The summed E-state index contributed by atoms with van der Waals surface area (Å²) in [6.07, 6.45) is 2.15. The Labute approximate surface area is 242 Å². The Morgan fingerprint density at radius 3 is 2.38 bits per heavy atom. The van der Waals surface area contributed by atoms with Gasteiger partial charge in [-0.2, -0.15) is 0 Å². The second kappa shape index (κ2) is 13.4. The second-order valence-corrected chi connectivity index (χ2v) is 9.70.